The average Bonchev–Trinajstić information content (AvgIpc) is 3.39. The molecule has 5 rings (SSSR count). The highest BCUT2D eigenvalue weighted by molar-refractivity contribution is 6.43. The quantitative estimate of drug-likeness (QED) is 0.615. The van der Waals surface area contributed by atoms with Crippen LogP contribution in [-0.2, 0) is 16.0 Å². The number of anilines is 1. The van der Waals surface area contributed by atoms with Gasteiger partial charge in [0, 0.05) is 31.3 Å². The molecule has 1 aromatic heterocycles. The van der Waals surface area contributed by atoms with Gasteiger partial charge in [0.05, 0.1) is 16.9 Å². The molecule has 0 saturated carbocycles. The van der Waals surface area contributed by atoms with Gasteiger partial charge in [-0.15, -0.1) is 5.10 Å². The van der Waals surface area contributed by atoms with Crippen LogP contribution >= 0.6 is 11.6 Å². The molecular weight excluding hydrogens is 444 g/mol. The number of carbonyl (C=O) groups is 2. The SMILES string of the molecule is C.CN1C(=O)[C@@H](NC(=O)C2=NN=C(Cc3ccccc3)C2)COc2cc3n[nH]c(Cl)c3cc21. The summed E-state index contributed by atoms with van der Waals surface area (Å²) < 4.78 is 5.84. The Kier molecular flexibility index (Phi) is 6.15. The van der Waals surface area contributed by atoms with Crippen molar-refractivity contribution in [3.8, 4) is 5.75 Å². The third-order valence-corrected chi connectivity index (χ3v) is 5.77. The van der Waals surface area contributed by atoms with Crippen LogP contribution in [0.5, 0.6) is 5.75 Å². The fourth-order valence-electron chi connectivity index (χ4n) is 3.77. The molecule has 170 valence electrons. The summed E-state index contributed by atoms with van der Waals surface area (Å²) in [5, 5.41) is 18.8. The number of halogens is 1. The molecule has 10 heteroatoms. The number of carbonyl (C=O) groups excluding carboxylic acids is 2. The molecule has 0 unspecified atom stereocenters. The van der Waals surface area contributed by atoms with E-state index in [2.05, 4.69) is 25.7 Å². The van der Waals surface area contributed by atoms with Gasteiger partial charge in [-0.1, -0.05) is 49.4 Å². The highest BCUT2D eigenvalue weighted by Crippen LogP contribution is 2.36. The van der Waals surface area contributed by atoms with Crippen molar-refractivity contribution < 1.29 is 14.3 Å². The van der Waals surface area contributed by atoms with E-state index in [9.17, 15) is 9.59 Å². The Hall–Kier alpha value is -3.72. The van der Waals surface area contributed by atoms with E-state index in [0.29, 0.717) is 40.3 Å². The molecule has 9 nitrogen and oxygen atoms in total. The van der Waals surface area contributed by atoms with Gasteiger partial charge in [0.25, 0.3) is 11.8 Å². The number of rotatable bonds is 4. The van der Waals surface area contributed by atoms with Crippen molar-refractivity contribution >= 4 is 51.4 Å². The van der Waals surface area contributed by atoms with Crippen molar-refractivity contribution in [3.63, 3.8) is 0 Å². The predicted molar refractivity (Wildman–Crippen MR) is 128 cm³/mol. The number of nitrogens with zero attached hydrogens (tertiary/aromatic N) is 4. The molecule has 0 bridgehead atoms. The zero-order valence-corrected chi connectivity index (χ0v) is 17.9. The monoisotopic (exact) mass is 466 g/mol. The van der Waals surface area contributed by atoms with E-state index >= 15 is 0 Å². The molecule has 0 radical (unpaired) electrons. The van der Waals surface area contributed by atoms with Gasteiger partial charge in [0.15, 0.2) is 0 Å². The van der Waals surface area contributed by atoms with Crippen molar-refractivity contribution in [1.29, 1.82) is 0 Å². The van der Waals surface area contributed by atoms with E-state index in [1.54, 1.807) is 19.2 Å². The maximum absolute atomic E-state index is 13.0. The standard InChI is InChI=1S/C22H19ClN6O3.CH4/c1-29-18-9-14-15(26-28-20(14)23)10-19(18)32-11-17(22(29)31)24-21(30)16-8-13(25-27-16)7-12-5-3-2-4-6-12;/h2-6,9-10,17H,7-8,11H2,1H3,(H,24,30)(H,26,28);1H4/t17-;/m0./s1. The molecule has 0 fully saturated rings. The lowest BCUT2D eigenvalue weighted by atomic mass is 10.0. The van der Waals surface area contributed by atoms with Crippen LogP contribution in [0.1, 0.15) is 19.4 Å². The summed E-state index contributed by atoms with van der Waals surface area (Å²) in [7, 11) is 1.63. The number of likely N-dealkylation sites (N-methyl/N-ethyl adjacent to an activating group) is 1. The first-order valence-corrected chi connectivity index (χ1v) is 10.4. The van der Waals surface area contributed by atoms with Crippen molar-refractivity contribution in [2.75, 3.05) is 18.6 Å². The number of aromatic amines is 1. The van der Waals surface area contributed by atoms with E-state index < -0.39 is 11.9 Å². The topological polar surface area (TPSA) is 112 Å². The molecule has 0 aliphatic carbocycles. The minimum atomic E-state index is -0.870. The second-order valence-corrected chi connectivity index (χ2v) is 8.04. The van der Waals surface area contributed by atoms with E-state index in [-0.39, 0.29) is 25.7 Å². The second-order valence-electron chi connectivity index (χ2n) is 7.66. The van der Waals surface area contributed by atoms with Crippen LogP contribution in [0.4, 0.5) is 5.69 Å². The fourth-order valence-corrected chi connectivity index (χ4v) is 3.96. The Morgan fingerprint density at radius 1 is 1.27 bits per heavy atom. The molecule has 3 heterocycles. The maximum Gasteiger partial charge on any atom is 0.268 e. The van der Waals surface area contributed by atoms with Gasteiger partial charge in [0.1, 0.15) is 29.3 Å². The van der Waals surface area contributed by atoms with Gasteiger partial charge in [-0.2, -0.15) is 10.2 Å². The van der Waals surface area contributed by atoms with Gasteiger partial charge in [0.2, 0.25) is 0 Å². The smallest absolute Gasteiger partial charge is 0.268 e. The third kappa shape index (κ3) is 4.31. The van der Waals surface area contributed by atoms with Gasteiger partial charge in [-0.05, 0) is 11.6 Å². The van der Waals surface area contributed by atoms with Gasteiger partial charge in [-0.25, -0.2) is 0 Å². The first-order chi connectivity index (χ1) is 15.5. The maximum atomic E-state index is 13.0. The van der Waals surface area contributed by atoms with Crippen molar-refractivity contribution in [2.45, 2.75) is 26.3 Å². The van der Waals surface area contributed by atoms with Crippen LogP contribution < -0.4 is 15.0 Å². The van der Waals surface area contributed by atoms with Crippen molar-refractivity contribution in [1.82, 2.24) is 15.5 Å². The summed E-state index contributed by atoms with van der Waals surface area (Å²) in [6.07, 6.45) is 0.961. The zero-order chi connectivity index (χ0) is 22.2. The van der Waals surface area contributed by atoms with Gasteiger partial charge in [-0.3, -0.25) is 14.7 Å². The van der Waals surface area contributed by atoms with E-state index in [0.717, 1.165) is 11.3 Å². The number of hydrogen-bond donors (Lipinski definition) is 2. The molecule has 0 spiro atoms. The van der Waals surface area contributed by atoms with Crippen LogP contribution in [-0.4, -0.2) is 53.1 Å². The summed E-state index contributed by atoms with van der Waals surface area (Å²) in [6, 6.07) is 12.4. The van der Waals surface area contributed by atoms with Crippen molar-refractivity contribution in [3.05, 3.63) is 53.2 Å². The molecule has 2 amide bonds. The molecule has 0 saturated heterocycles. The van der Waals surface area contributed by atoms with Crippen LogP contribution in [0.3, 0.4) is 0 Å². The largest absolute Gasteiger partial charge is 0.489 e. The lowest BCUT2D eigenvalue weighted by molar-refractivity contribution is -0.124. The third-order valence-electron chi connectivity index (χ3n) is 5.49. The Morgan fingerprint density at radius 2 is 2.06 bits per heavy atom. The highest BCUT2D eigenvalue weighted by Gasteiger charge is 2.33. The normalized spacial score (nSPS) is 17.5. The summed E-state index contributed by atoms with van der Waals surface area (Å²) in [4.78, 5) is 27.2. The second kappa shape index (κ2) is 9.03. The molecule has 3 aromatic rings. The lowest BCUT2D eigenvalue weighted by Gasteiger charge is -2.20. The average molecular weight is 467 g/mol. The first kappa shape index (κ1) is 22.5. The molecule has 1 atom stereocenters. The Bertz CT molecular complexity index is 1280. The number of aromatic nitrogens is 2. The summed E-state index contributed by atoms with van der Waals surface area (Å²) >= 11 is 6.13. The van der Waals surface area contributed by atoms with E-state index in [1.165, 1.54) is 4.90 Å². The number of hydrogen-bond acceptors (Lipinski definition) is 6. The Morgan fingerprint density at radius 3 is 2.85 bits per heavy atom. The number of benzene rings is 2. The van der Waals surface area contributed by atoms with E-state index in [4.69, 9.17) is 16.3 Å². The Labute approximate surface area is 195 Å². The number of nitrogens with one attached hydrogen (secondary N) is 2. The minimum absolute atomic E-state index is 0. The zero-order valence-electron chi connectivity index (χ0n) is 17.1. The Balaban J connectivity index is 0.00000259. The first-order valence-electron chi connectivity index (χ1n) is 10.0. The summed E-state index contributed by atoms with van der Waals surface area (Å²) in [6.45, 7) is -0.0173. The molecular formula is C23H23ClN6O3. The van der Waals surface area contributed by atoms with E-state index in [1.807, 2.05) is 30.3 Å². The predicted octanol–water partition coefficient (Wildman–Crippen LogP) is 3.14. The van der Waals surface area contributed by atoms with Crippen LogP contribution in [0, 0.1) is 0 Å². The van der Waals surface area contributed by atoms with Crippen molar-refractivity contribution in [2.24, 2.45) is 10.2 Å². The molecule has 2 aliphatic heterocycles. The highest BCUT2D eigenvalue weighted by atomic mass is 35.5. The van der Waals surface area contributed by atoms with Gasteiger partial charge < -0.3 is 15.0 Å². The minimum Gasteiger partial charge on any atom is -0.489 e. The number of ether oxygens (including phenoxy) is 1. The molecule has 33 heavy (non-hydrogen) atoms. The van der Waals surface area contributed by atoms with Gasteiger partial charge >= 0.3 is 0 Å². The molecule has 2 aliphatic rings. The van der Waals surface area contributed by atoms with Crippen LogP contribution in [0.25, 0.3) is 10.9 Å². The number of fused-ring (bicyclic) bond motifs is 2. The number of amides is 2. The number of H-pyrrole nitrogens is 1. The lowest BCUT2D eigenvalue weighted by Crippen LogP contribution is -2.51. The summed E-state index contributed by atoms with van der Waals surface area (Å²) in [5.74, 6) is -0.253. The fraction of sp³-hybridized carbons (Fsp3) is 0.261. The molecule has 2 N–H and O–H groups in total. The van der Waals surface area contributed by atoms with Crippen LogP contribution in [0.2, 0.25) is 5.15 Å². The molecule has 2 aromatic carbocycles. The summed E-state index contributed by atoms with van der Waals surface area (Å²) in [5.41, 5.74) is 3.35. The van der Waals surface area contributed by atoms with Crippen LogP contribution in [0.15, 0.2) is 52.7 Å².